The predicted octanol–water partition coefficient (Wildman–Crippen LogP) is -5.68. The fourth-order valence-electron chi connectivity index (χ4n) is 1.06. The van der Waals surface area contributed by atoms with E-state index in [1.54, 1.807) is 0 Å². The zero-order valence-electron chi connectivity index (χ0n) is 11.8. The van der Waals surface area contributed by atoms with Gasteiger partial charge in [0.25, 0.3) is 5.09 Å². The van der Waals surface area contributed by atoms with Gasteiger partial charge in [-0.2, -0.15) is 0 Å². The highest BCUT2D eigenvalue weighted by molar-refractivity contribution is 5.58. The normalized spacial score (nSPS) is 7.13. The molecule has 14 nitrogen and oxygen atoms in total. The van der Waals surface area contributed by atoms with E-state index in [1.807, 2.05) is 30.3 Å². The van der Waals surface area contributed by atoms with Crippen LogP contribution < -0.4 is 4.74 Å². The first-order valence-electron chi connectivity index (χ1n) is 3.92. The molecule has 146 valence electrons. The first-order chi connectivity index (χ1) is 6.70. The number of rotatable bonds is 0. The summed E-state index contributed by atoms with van der Waals surface area (Å²) in [6.45, 7) is 0.705. The number of para-hydroxylation sites is 1. The van der Waals surface area contributed by atoms with Gasteiger partial charge < -0.3 is 59.2 Å². The molecule has 2 rings (SSSR count). The maximum Gasteiger partial charge on any atom is 0.291 e. The molecule has 0 saturated carbocycles. The third kappa shape index (κ3) is 24.9. The van der Waals surface area contributed by atoms with Crippen molar-refractivity contribution in [2.24, 2.45) is 0 Å². The van der Waals surface area contributed by atoms with Crippen molar-refractivity contribution in [3.8, 4) is 5.75 Å². The molecule has 1 aromatic rings. The number of benzene rings is 1. The molecule has 23 heavy (non-hydrogen) atoms. The minimum Gasteiger partial charge on any atom is -0.489 e. The first-order valence-corrected chi connectivity index (χ1v) is 3.92. The zero-order valence-corrected chi connectivity index (χ0v) is 11.8. The molecule has 0 unspecified atom stereocenters. The number of nitrogens with zero attached hydrogens (tertiary/aromatic N) is 1. The minimum atomic E-state index is -1.50. The molecule has 0 saturated heterocycles. The zero-order chi connectivity index (χ0) is 10.4. The van der Waals surface area contributed by atoms with E-state index < -0.39 is 5.09 Å². The molecule has 0 aromatic heterocycles. The third-order valence-electron chi connectivity index (χ3n) is 1.55. The highest BCUT2D eigenvalue weighted by atomic mass is 16.9. The van der Waals surface area contributed by atoms with Crippen molar-refractivity contribution >= 4 is 6.08 Å². The van der Waals surface area contributed by atoms with E-state index in [0.717, 1.165) is 5.75 Å². The van der Waals surface area contributed by atoms with Gasteiger partial charge in [-0.15, -0.1) is 10.1 Å². The van der Waals surface area contributed by atoms with E-state index in [9.17, 15) is 0 Å². The first kappa shape index (κ1) is 58.8. The second-order valence-electron chi connectivity index (χ2n) is 2.49. The van der Waals surface area contributed by atoms with Crippen LogP contribution in [0.25, 0.3) is 6.08 Å². The summed E-state index contributed by atoms with van der Waals surface area (Å²) in [6.07, 6.45) is 4.10. The summed E-state index contributed by atoms with van der Waals surface area (Å²) in [7, 11) is 0. The Morgan fingerprint density at radius 3 is 1.70 bits per heavy atom. The summed E-state index contributed by atoms with van der Waals surface area (Å²) in [5.41, 5.74) is 1.17. The summed E-state index contributed by atoms with van der Waals surface area (Å²) < 4.78 is 5.34. The van der Waals surface area contributed by atoms with E-state index in [4.69, 9.17) is 20.1 Å². The molecular formula is C9H27NO13. The van der Waals surface area contributed by atoms with Crippen LogP contribution in [0, 0.1) is 10.1 Å². The lowest BCUT2D eigenvalue weighted by Crippen LogP contribution is -1.98. The van der Waals surface area contributed by atoms with Crippen molar-refractivity contribution in [1.29, 1.82) is 0 Å². The molecule has 0 amide bonds. The lowest BCUT2D eigenvalue weighted by Gasteiger charge is -2.10. The van der Waals surface area contributed by atoms with Gasteiger partial charge in [-0.25, -0.2) is 0 Å². The van der Waals surface area contributed by atoms with Gasteiger partial charge in [-0.1, -0.05) is 24.3 Å². The topological polar surface area (TPSA) is 356 Å². The predicted molar refractivity (Wildman–Crippen MR) is 82.3 cm³/mol. The van der Waals surface area contributed by atoms with Gasteiger partial charge in [0.2, 0.25) is 0 Å². The van der Waals surface area contributed by atoms with Crippen LogP contribution in [-0.2, 0) is 0 Å². The molecule has 1 aliphatic heterocycles. The molecule has 0 aliphatic carbocycles. The maximum absolute atomic E-state index is 8.36. The van der Waals surface area contributed by atoms with Crippen molar-refractivity contribution < 1.29 is 64.3 Å². The summed E-state index contributed by atoms with van der Waals surface area (Å²) >= 11 is 0. The molecule has 0 radical (unpaired) electrons. The SMILES string of the molecule is C1=Cc2ccccc2OC1.O.O.O.O.O.O.O.O.O.O=[N+]([O-])O. The monoisotopic (exact) mass is 357 g/mol. The molecule has 0 spiro atoms. The summed E-state index contributed by atoms with van der Waals surface area (Å²) in [5.74, 6) is 0.991. The summed E-state index contributed by atoms with van der Waals surface area (Å²) in [4.78, 5) is 8.36. The third-order valence-corrected chi connectivity index (χ3v) is 1.55. The molecule has 1 aromatic carbocycles. The second-order valence-corrected chi connectivity index (χ2v) is 2.49. The van der Waals surface area contributed by atoms with E-state index >= 15 is 0 Å². The van der Waals surface area contributed by atoms with E-state index in [1.165, 1.54) is 5.56 Å². The Hall–Kier alpha value is -2.40. The second kappa shape index (κ2) is 31.8. The van der Waals surface area contributed by atoms with Crippen LogP contribution in [0.5, 0.6) is 5.75 Å². The molecular weight excluding hydrogens is 330 g/mol. The van der Waals surface area contributed by atoms with Crippen LogP contribution in [-0.4, -0.2) is 66.2 Å². The number of fused-ring (bicyclic) bond motifs is 1. The minimum absolute atomic E-state index is 0. The van der Waals surface area contributed by atoms with Crippen LogP contribution in [0.2, 0.25) is 0 Å². The van der Waals surface area contributed by atoms with Crippen LogP contribution in [0.4, 0.5) is 0 Å². The van der Waals surface area contributed by atoms with Gasteiger partial charge in [0.1, 0.15) is 12.4 Å². The smallest absolute Gasteiger partial charge is 0.291 e. The van der Waals surface area contributed by atoms with Crippen molar-refractivity contribution in [3.05, 3.63) is 46.0 Å². The molecule has 1 heterocycles. The van der Waals surface area contributed by atoms with Gasteiger partial charge in [0.05, 0.1) is 0 Å². The van der Waals surface area contributed by atoms with Crippen molar-refractivity contribution in [2.45, 2.75) is 0 Å². The van der Waals surface area contributed by atoms with Gasteiger partial charge in [0.15, 0.2) is 0 Å². The van der Waals surface area contributed by atoms with Crippen LogP contribution >= 0.6 is 0 Å². The maximum atomic E-state index is 8.36. The Kier molecular flexibility index (Phi) is 81.3. The Balaban J connectivity index is -0.0000000201. The highest BCUT2D eigenvalue weighted by Crippen LogP contribution is 2.21. The van der Waals surface area contributed by atoms with E-state index in [2.05, 4.69) is 6.08 Å². The van der Waals surface area contributed by atoms with Crippen molar-refractivity contribution in [1.82, 2.24) is 0 Å². The fraction of sp³-hybridized carbons (Fsp3) is 0.111. The molecule has 0 atom stereocenters. The largest absolute Gasteiger partial charge is 0.489 e. The highest BCUT2D eigenvalue weighted by Gasteiger charge is 2.01. The lowest BCUT2D eigenvalue weighted by atomic mass is 10.1. The lowest BCUT2D eigenvalue weighted by molar-refractivity contribution is -0.742. The van der Waals surface area contributed by atoms with Crippen LogP contribution in [0.3, 0.4) is 0 Å². The van der Waals surface area contributed by atoms with Gasteiger partial charge in [0, 0.05) is 5.56 Å². The number of hydrogen-bond acceptors (Lipinski definition) is 3. The Morgan fingerprint density at radius 2 is 1.30 bits per heavy atom. The standard InChI is InChI=1S/C9H8O.HNO3.9H2O/c1-2-6-9-8(4-1)5-3-7-10-9;2-1(3)4;;;;;;;;;/h1-6H,7H2;(H,2,3,4);9*1H2. The van der Waals surface area contributed by atoms with Gasteiger partial charge in [-0.3, -0.25) is 0 Å². The Labute approximate surface area is 130 Å². The van der Waals surface area contributed by atoms with E-state index in [0.29, 0.717) is 6.61 Å². The molecule has 0 bridgehead atoms. The fourth-order valence-corrected chi connectivity index (χ4v) is 1.06. The van der Waals surface area contributed by atoms with Gasteiger partial charge in [-0.05, 0) is 12.1 Å². The van der Waals surface area contributed by atoms with Gasteiger partial charge >= 0.3 is 0 Å². The number of ether oxygens (including phenoxy) is 1. The molecule has 14 heteroatoms. The molecule has 0 fully saturated rings. The Bertz CT molecular complexity index is 355. The quantitative estimate of drug-likeness (QED) is 0.350. The van der Waals surface area contributed by atoms with Crippen LogP contribution in [0.15, 0.2) is 30.3 Å². The Morgan fingerprint density at radius 1 is 0.913 bits per heavy atom. The number of hydrogen-bond donors (Lipinski definition) is 1. The van der Waals surface area contributed by atoms with Crippen LogP contribution in [0.1, 0.15) is 5.56 Å². The average Bonchev–Trinajstić information content (AvgIpc) is 2.17. The van der Waals surface area contributed by atoms with Crippen molar-refractivity contribution in [2.75, 3.05) is 6.61 Å². The molecule has 19 N–H and O–H groups in total. The van der Waals surface area contributed by atoms with Crippen molar-refractivity contribution in [3.63, 3.8) is 0 Å². The average molecular weight is 357 g/mol. The summed E-state index contributed by atoms with van der Waals surface area (Å²) in [6, 6.07) is 8.03. The summed E-state index contributed by atoms with van der Waals surface area (Å²) in [5, 5.41) is 13.6. The molecule has 1 aliphatic rings. The van der Waals surface area contributed by atoms with E-state index in [-0.39, 0.29) is 49.3 Å².